The monoisotopic (exact) mass is 690 g/mol. The predicted octanol–water partition coefficient (Wildman–Crippen LogP) is 12.7. The third-order valence-corrected chi connectivity index (χ3v) is 10.5. The van der Waals surface area contributed by atoms with Crippen LogP contribution < -0.4 is 0 Å². The van der Waals surface area contributed by atoms with Gasteiger partial charge in [0, 0.05) is 49.3 Å². The average Bonchev–Trinajstić information content (AvgIpc) is 3.80. The highest BCUT2D eigenvalue weighted by molar-refractivity contribution is 6.12. The van der Waals surface area contributed by atoms with E-state index in [9.17, 15) is 0 Å². The van der Waals surface area contributed by atoms with Crippen molar-refractivity contribution >= 4 is 54.5 Å². The Balaban J connectivity index is 1.19. The van der Waals surface area contributed by atoms with Crippen LogP contribution in [0.25, 0.3) is 105 Å². The van der Waals surface area contributed by atoms with Crippen LogP contribution in [0.4, 0.5) is 0 Å². The Hall–Kier alpha value is -7.37. The first kappa shape index (κ1) is 30.3. The molecule has 0 amide bonds. The van der Waals surface area contributed by atoms with Crippen LogP contribution in [0.3, 0.4) is 0 Å². The van der Waals surface area contributed by atoms with Gasteiger partial charge in [-0.3, -0.25) is 0 Å². The fourth-order valence-corrected chi connectivity index (χ4v) is 8.08. The quantitative estimate of drug-likeness (QED) is 0.180. The van der Waals surface area contributed by atoms with Gasteiger partial charge < -0.3 is 8.98 Å². The Morgan fingerprint density at radius 3 is 1.65 bits per heavy atom. The first-order valence-electron chi connectivity index (χ1n) is 18.1. The molecule has 0 saturated heterocycles. The van der Waals surface area contributed by atoms with Crippen molar-refractivity contribution in [2.24, 2.45) is 0 Å². The van der Waals surface area contributed by atoms with Gasteiger partial charge in [-0.25, -0.2) is 15.0 Å². The van der Waals surface area contributed by atoms with E-state index < -0.39 is 0 Å². The molecule has 0 spiro atoms. The molecular formula is C49H30N4O. The normalized spacial score (nSPS) is 11.7. The Morgan fingerprint density at radius 2 is 0.907 bits per heavy atom. The molecule has 0 unspecified atom stereocenters. The highest BCUT2D eigenvalue weighted by atomic mass is 16.3. The third kappa shape index (κ3) is 4.76. The van der Waals surface area contributed by atoms with Crippen molar-refractivity contribution in [2.45, 2.75) is 0 Å². The summed E-state index contributed by atoms with van der Waals surface area (Å²) in [6.45, 7) is 0. The molecule has 8 aromatic carbocycles. The smallest absolute Gasteiger partial charge is 0.164 e. The van der Waals surface area contributed by atoms with E-state index >= 15 is 0 Å². The van der Waals surface area contributed by atoms with E-state index in [0.717, 1.165) is 77.2 Å². The Morgan fingerprint density at radius 1 is 0.370 bits per heavy atom. The zero-order valence-electron chi connectivity index (χ0n) is 29.0. The number of benzene rings is 8. The van der Waals surface area contributed by atoms with Gasteiger partial charge in [0.05, 0.1) is 11.0 Å². The van der Waals surface area contributed by atoms with Crippen LogP contribution in [0.15, 0.2) is 186 Å². The van der Waals surface area contributed by atoms with Crippen molar-refractivity contribution in [3.8, 4) is 51.0 Å². The maximum Gasteiger partial charge on any atom is 0.164 e. The molecule has 0 radical (unpaired) electrons. The lowest BCUT2D eigenvalue weighted by molar-refractivity contribution is 0.669. The van der Waals surface area contributed by atoms with E-state index in [0.29, 0.717) is 17.5 Å². The minimum atomic E-state index is 0.587. The number of fused-ring (bicyclic) bond motifs is 7. The summed E-state index contributed by atoms with van der Waals surface area (Å²) in [5.74, 6) is 1.79. The minimum absolute atomic E-state index is 0.587. The van der Waals surface area contributed by atoms with Crippen LogP contribution in [-0.4, -0.2) is 19.5 Å². The molecule has 0 aliphatic heterocycles. The van der Waals surface area contributed by atoms with Crippen LogP contribution >= 0.6 is 0 Å². The van der Waals surface area contributed by atoms with E-state index in [2.05, 4.69) is 150 Å². The van der Waals surface area contributed by atoms with Crippen LogP contribution in [0, 0.1) is 0 Å². The molecule has 11 aromatic rings. The number of aromatic nitrogens is 4. The van der Waals surface area contributed by atoms with Crippen LogP contribution in [0.1, 0.15) is 0 Å². The fraction of sp³-hybridized carbons (Fsp3) is 0. The second kappa shape index (κ2) is 12.1. The third-order valence-electron chi connectivity index (χ3n) is 10.5. The second-order valence-corrected chi connectivity index (χ2v) is 13.6. The van der Waals surface area contributed by atoms with Crippen LogP contribution in [0.5, 0.6) is 0 Å². The largest absolute Gasteiger partial charge is 0.456 e. The van der Waals surface area contributed by atoms with Gasteiger partial charge in [0.25, 0.3) is 0 Å². The molecule has 0 aliphatic rings. The molecule has 0 fully saturated rings. The summed E-state index contributed by atoms with van der Waals surface area (Å²) < 4.78 is 8.65. The van der Waals surface area contributed by atoms with Gasteiger partial charge in [0.15, 0.2) is 17.5 Å². The van der Waals surface area contributed by atoms with E-state index in [4.69, 9.17) is 19.4 Å². The summed E-state index contributed by atoms with van der Waals surface area (Å²) >= 11 is 0. The highest BCUT2D eigenvalue weighted by Gasteiger charge is 2.20. The van der Waals surface area contributed by atoms with Crippen molar-refractivity contribution < 1.29 is 4.42 Å². The SMILES string of the molecule is c1ccc(-c2cccc3cccc(-c4nc(-c5cccc(-n6c7ccccc7c7ccccc76)c5)nc(-c5cccc6oc7ccccc7c56)n4)c23)cc1. The van der Waals surface area contributed by atoms with Gasteiger partial charge in [0.2, 0.25) is 0 Å². The van der Waals surface area contributed by atoms with Crippen molar-refractivity contribution in [3.63, 3.8) is 0 Å². The van der Waals surface area contributed by atoms with E-state index in [-0.39, 0.29) is 0 Å². The standard InChI is InChI=1S/C49H30N4O/c1-2-14-31(15-3-1)35-23-11-16-32-17-12-24-39(45(32)35)48-50-47(51-49(52-48)40-25-13-29-44-46(40)38-22-6-9-28-43(38)54-44)33-18-10-19-34(30-33)53-41-26-7-4-20-36(41)37-21-5-8-27-42(37)53/h1-30H. The average molecular weight is 691 g/mol. The van der Waals surface area contributed by atoms with Crippen molar-refractivity contribution in [1.29, 1.82) is 0 Å². The van der Waals surface area contributed by atoms with Crippen molar-refractivity contribution in [3.05, 3.63) is 182 Å². The molecular weight excluding hydrogens is 661 g/mol. The van der Waals surface area contributed by atoms with E-state index in [1.165, 1.54) is 10.8 Å². The number of hydrogen-bond acceptors (Lipinski definition) is 4. The van der Waals surface area contributed by atoms with Gasteiger partial charge in [-0.1, -0.05) is 146 Å². The molecule has 11 rings (SSSR count). The van der Waals surface area contributed by atoms with Gasteiger partial charge in [0.1, 0.15) is 11.2 Å². The lowest BCUT2D eigenvalue weighted by atomic mass is 9.94. The summed E-state index contributed by atoms with van der Waals surface area (Å²) in [5, 5.41) is 6.66. The van der Waals surface area contributed by atoms with Crippen molar-refractivity contribution in [1.82, 2.24) is 19.5 Å². The van der Waals surface area contributed by atoms with Crippen molar-refractivity contribution in [2.75, 3.05) is 0 Å². The molecule has 0 aliphatic carbocycles. The van der Waals surface area contributed by atoms with E-state index in [1.807, 2.05) is 36.4 Å². The summed E-state index contributed by atoms with van der Waals surface area (Å²) in [6.07, 6.45) is 0. The summed E-state index contributed by atoms with van der Waals surface area (Å²) in [6, 6.07) is 63.2. The molecule has 3 heterocycles. The number of nitrogens with zero attached hydrogens (tertiary/aromatic N) is 4. The summed E-state index contributed by atoms with van der Waals surface area (Å²) in [5.41, 5.74) is 9.95. The van der Waals surface area contributed by atoms with Gasteiger partial charge in [-0.2, -0.15) is 0 Å². The topological polar surface area (TPSA) is 56.7 Å². The predicted molar refractivity (Wildman–Crippen MR) is 221 cm³/mol. The number of rotatable bonds is 5. The second-order valence-electron chi connectivity index (χ2n) is 13.6. The lowest BCUT2D eigenvalue weighted by Gasteiger charge is -2.14. The minimum Gasteiger partial charge on any atom is -0.456 e. The van der Waals surface area contributed by atoms with Crippen LogP contribution in [0.2, 0.25) is 0 Å². The zero-order valence-corrected chi connectivity index (χ0v) is 29.0. The van der Waals surface area contributed by atoms with Gasteiger partial charge in [-0.05, 0) is 52.9 Å². The highest BCUT2D eigenvalue weighted by Crippen LogP contribution is 2.40. The Bertz CT molecular complexity index is 3170. The lowest BCUT2D eigenvalue weighted by Crippen LogP contribution is -2.02. The molecule has 0 N–H and O–H groups in total. The maximum absolute atomic E-state index is 6.32. The Labute approximate surface area is 310 Å². The first-order valence-corrected chi connectivity index (χ1v) is 18.1. The molecule has 54 heavy (non-hydrogen) atoms. The van der Waals surface area contributed by atoms with Gasteiger partial charge in [-0.15, -0.1) is 0 Å². The van der Waals surface area contributed by atoms with E-state index in [1.54, 1.807) is 0 Å². The zero-order chi connectivity index (χ0) is 35.6. The van der Waals surface area contributed by atoms with Crippen LogP contribution in [-0.2, 0) is 0 Å². The molecule has 0 atom stereocenters. The molecule has 0 bridgehead atoms. The molecule has 252 valence electrons. The molecule has 0 saturated carbocycles. The maximum atomic E-state index is 6.32. The Kier molecular flexibility index (Phi) is 6.79. The fourth-order valence-electron chi connectivity index (χ4n) is 8.08. The molecule has 5 nitrogen and oxygen atoms in total. The number of hydrogen-bond donors (Lipinski definition) is 0. The number of furan rings is 1. The summed E-state index contributed by atoms with van der Waals surface area (Å²) in [7, 11) is 0. The van der Waals surface area contributed by atoms with Gasteiger partial charge >= 0.3 is 0 Å². The summed E-state index contributed by atoms with van der Waals surface area (Å²) in [4.78, 5) is 15.9. The molecule has 3 aromatic heterocycles. The first-order chi connectivity index (χ1) is 26.8. The molecule has 5 heteroatoms. The number of para-hydroxylation sites is 3.